The van der Waals surface area contributed by atoms with E-state index in [0.717, 1.165) is 34.7 Å². The van der Waals surface area contributed by atoms with Crippen molar-refractivity contribution in [3.05, 3.63) is 47.0 Å². The number of ether oxygens (including phenoxy) is 3. The molecule has 2 aromatic rings. The van der Waals surface area contributed by atoms with Crippen LogP contribution in [-0.4, -0.2) is 25.5 Å². The summed E-state index contributed by atoms with van der Waals surface area (Å²) in [6.07, 6.45) is 0.899. The predicted molar refractivity (Wildman–Crippen MR) is 96.2 cm³/mol. The number of hydrogen-bond donors (Lipinski definition) is 1. The molecule has 1 unspecified atom stereocenters. The van der Waals surface area contributed by atoms with Crippen LogP contribution in [-0.2, 0) is 6.42 Å². The van der Waals surface area contributed by atoms with Crippen molar-refractivity contribution in [3.8, 4) is 17.2 Å². The minimum Gasteiger partial charge on any atom is -0.493 e. The third kappa shape index (κ3) is 2.21. The lowest BCUT2D eigenvalue weighted by Crippen LogP contribution is -2.50. The molecule has 0 aromatic heterocycles. The van der Waals surface area contributed by atoms with Gasteiger partial charge in [-0.1, -0.05) is 6.07 Å². The number of benzene rings is 2. The lowest BCUT2D eigenvalue weighted by molar-refractivity contribution is 0.174. The van der Waals surface area contributed by atoms with Crippen molar-refractivity contribution in [2.24, 2.45) is 0 Å². The molecule has 1 N–H and O–H groups in total. The van der Waals surface area contributed by atoms with E-state index in [0.29, 0.717) is 12.4 Å². The first-order valence-corrected chi connectivity index (χ1v) is 8.90. The maximum atomic E-state index is 12.8. The van der Waals surface area contributed by atoms with E-state index in [-0.39, 0.29) is 24.9 Å². The zero-order chi connectivity index (χ0) is 17.8. The molecular weight excluding hydrogens is 332 g/mol. The van der Waals surface area contributed by atoms with E-state index in [1.54, 1.807) is 4.90 Å². The molecule has 3 aliphatic rings. The summed E-state index contributed by atoms with van der Waals surface area (Å²) in [5.41, 5.74) is 4.12. The highest BCUT2D eigenvalue weighted by molar-refractivity contribution is 5.97. The molecule has 0 bridgehead atoms. The number of carbonyl (C=O) groups is 1. The van der Waals surface area contributed by atoms with E-state index in [9.17, 15) is 4.79 Å². The number of nitrogens with zero attached hydrogens (tertiary/aromatic N) is 1. The Morgan fingerprint density at radius 3 is 2.69 bits per heavy atom. The SMILES string of the molecule is CC(C)N1C(=O)NC(c2ccc3c(c2)CCO3)c2cc3c(cc21)OCO3. The van der Waals surface area contributed by atoms with Crippen molar-refractivity contribution in [1.29, 1.82) is 0 Å². The normalized spacial score (nSPS) is 19.9. The summed E-state index contributed by atoms with van der Waals surface area (Å²) in [5, 5.41) is 3.15. The van der Waals surface area contributed by atoms with E-state index in [1.807, 2.05) is 38.1 Å². The van der Waals surface area contributed by atoms with E-state index in [2.05, 4.69) is 11.4 Å². The van der Waals surface area contributed by atoms with Gasteiger partial charge < -0.3 is 19.5 Å². The Kier molecular flexibility index (Phi) is 3.29. The lowest BCUT2D eigenvalue weighted by atomic mass is 9.92. The van der Waals surface area contributed by atoms with Crippen LogP contribution in [0.4, 0.5) is 10.5 Å². The van der Waals surface area contributed by atoms with E-state index < -0.39 is 0 Å². The van der Waals surface area contributed by atoms with Gasteiger partial charge in [0.2, 0.25) is 6.79 Å². The van der Waals surface area contributed by atoms with E-state index in [1.165, 1.54) is 5.56 Å². The topological polar surface area (TPSA) is 60.0 Å². The Balaban J connectivity index is 1.66. The molecule has 0 aliphatic carbocycles. The number of amides is 2. The fourth-order valence-electron chi connectivity index (χ4n) is 3.93. The molecule has 3 heterocycles. The quantitative estimate of drug-likeness (QED) is 0.900. The molecule has 26 heavy (non-hydrogen) atoms. The minimum atomic E-state index is -0.229. The summed E-state index contributed by atoms with van der Waals surface area (Å²) in [7, 11) is 0. The standard InChI is InChI=1S/C20H20N2O4/c1-11(2)22-15-9-18-17(25-10-26-18)8-14(15)19(21-20(22)23)13-3-4-16-12(7-13)5-6-24-16/h3-4,7-9,11,19H,5-6,10H2,1-2H3,(H,21,23). The largest absolute Gasteiger partial charge is 0.493 e. The fraction of sp³-hybridized carbons (Fsp3) is 0.350. The highest BCUT2D eigenvalue weighted by Gasteiger charge is 2.35. The second-order valence-corrected chi connectivity index (χ2v) is 7.08. The first kappa shape index (κ1) is 15.4. The van der Waals surface area contributed by atoms with Gasteiger partial charge in [0.15, 0.2) is 11.5 Å². The second kappa shape index (κ2) is 5.56. The molecule has 134 valence electrons. The third-order valence-electron chi connectivity index (χ3n) is 5.14. The zero-order valence-corrected chi connectivity index (χ0v) is 14.7. The molecule has 0 spiro atoms. The van der Waals surface area contributed by atoms with Gasteiger partial charge in [0.05, 0.1) is 18.3 Å². The molecular formula is C20H20N2O4. The molecule has 0 radical (unpaired) electrons. The van der Waals surface area contributed by atoms with Crippen LogP contribution >= 0.6 is 0 Å². The highest BCUT2D eigenvalue weighted by atomic mass is 16.7. The van der Waals surface area contributed by atoms with Crippen LogP contribution in [0.25, 0.3) is 0 Å². The number of urea groups is 1. The Bertz CT molecular complexity index is 909. The van der Waals surface area contributed by atoms with Gasteiger partial charge >= 0.3 is 6.03 Å². The molecule has 3 aliphatic heterocycles. The molecule has 5 rings (SSSR count). The summed E-state index contributed by atoms with van der Waals surface area (Å²) in [6.45, 7) is 4.93. The Morgan fingerprint density at radius 1 is 1.08 bits per heavy atom. The average Bonchev–Trinajstić information content (AvgIpc) is 3.26. The summed E-state index contributed by atoms with van der Waals surface area (Å²) < 4.78 is 16.7. The van der Waals surface area contributed by atoms with Gasteiger partial charge in [0.25, 0.3) is 0 Å². The molecule has 1 atom stereocenters. The molecule has 2 amide bonds. The monoisotopic (exact) mass is 352 g/mol. The molecule has 6 nitrogen and oxygen atoms in total. The number of hydrogen-bond acceptors (Lipinski definition) is 4. The summed E-state index contributed by atoms with van der Waals surface area (Å²) in [4.78, 5) is 14.6. The van der Waals surface area contributed by atoms with Gasteiger partial charge in [0.1, 0.15) is 5.75 Å². The Hall–Kier alpha value is -2.89. The van der Waals surface area contributed by atoms with Crippen LogP contribution in [0.5, 0.6) is 17.2 Å². The third-order valence-corrected chi connectivity index (χ3v) is 5.14. The first-order chi connectivity index (χ1) is 12.6. The number of rotatable bonds is 2. The lowest BCUT2D eigenvalue weighted by Gasteiger charge is -2.37. The van der Waals surface area contributed by atoms with Gasteiger partial charge in [-0.25, -0.2) is 4.79 Å². The molecule has 0 fully saturated rings. The number of carbonyl (C=O) groups excluding carboxylic acids is 1. The van der Waals surface area contributed by atoms with Gasteiger partial charge in [-0.15, -0.1) is 0 Å². The summed E-state index contributed by atoms with van der Waals surface area (Å²) in [6, 6.07) is 9.75. The Morgan fingerprint density at radius 2 is 1.88 bits per heavy atom. The van der Waals surface area contributed by atoms with Gasteiger partial charge in [-0.2, -0.15) is 0 Å². The van der Waals surface area contributed by atoms with Crippen molar-refractivity contribution in [3.63, 3.8) is 0 Å². The van der Waals surface area contributed by atoms with Crippen LogP contribution in [0.15, 0.2) is 30.3 Å². The van der Waals surface area contributed by atoms with Crippen LogP contribution in [0.3, 0.4) is 0 Å². The zero-order valence-electron chi connectivity index (χ0n) is 14.7. The molecule has 0 saturated carbocycles. The van der Waals surface area contributed by atoms with Crippen LogP contribution in [0.2, 0.25) is 0 Å². The number of fused-ring (bicyclic) bond motifs is 3. The van der Waals surface area contributed by atoms with Crippen LogP contribution in [0, 0.1) is 0 Å². The van der Waals surface area contributed by atoms with Gasteiger partial charge in [-0.3, -0.25) is 4.90 Å². The molecule has 0 saturated heterocycles. The summed E-state index contributed by atoms with van der Waals surface area (Å²) in [5.74, 6) is 2.34. The van der Waals surface area contributed by atoms with Gasteiger partial charge in [0, 0.05) is 24.1 Å². The van der Waals surface area contributed by atoms with Gasteiger partial charge in [-0.05, 0) is 43.2 Å². The van der Waals surface area contributed by atoms with Crippen molar-refractivity contribution < 1.29 is 19.0 Å². The fourth-order valence-corrected chi connectivity index (χ4v) is 3.93. The predicted octanol–water partition coefficient (Wildman–Crippen LogP) is 3.38. The molecule has 6 heteroatoms. The van der Waals surface area contributed by atoms with E-state index in [4.69, 9.17) is 14.2 Å². The minimum absolute atomic E-state index is 0.0310. The molecule has 2 aromatic carbocycles. The number of anilines is 1. The number of nitrogens with one attached hydrogen (secondary N) is 1. The van der Waals surface area contributed by atoms with Crippen molar-refractivity contribution in [2.75, 3.05) is 18.3 Å². The van der Waals surface area contributed by atoms with Crippen molar-refractivity contribution in [1.82, 2.24) is 5.32 Å². The maximum Gasteiger partial charge on any atom is 0.322 e. The van der Waals surface area contributed by atoms with E-state index >= 15 is 0 Å². The summed E-state index contributed by atoms with van der Waals surface area (Å²) >= 11 is 0. The van der Waals surface area contributed by atoms with Crippen LogP contribution < -0.4 is 24.4 Å². The average molecular weight is 352 g/mol. The van der Waals surface area contributed by atoms with Crippen molar-refractivity contribution >= 4 is 11.7 Å². The maximum absolute atomic E-state index is 12.8. The smallest absolute Gasteiger partial charge is 0.322 e. The second-order valence-electron chi connectivity index (χ2n) is 7.08. The highest BCUT2D eigenvalue weighted by Crippen LogP contribution is 2.45. The first-order valence-electron chi connectivity index (χ1n) is 8.90. The van der Waals surface area contributed by atoms with Crippen LogP contribution in [0.1, 0.15) is 36.6 Å². The Labute approximate surface area is 151 Å². The van der Waals surface area contributed by atoms with Crippen molar-refractivity contribution in [2.45, 2.75) is 32.4 Å².